The minimum absolute atomic E-state index is 0.638. The Morgan fingerprint density at radius 3 is 0.946 bits per heavy atom. The van der Waals surface area contributed by atoms with E-state index in [1.54, 1.807) is 23.7 Å². The van der Waals surface area contributed by atoms with Crippen LogP contribution in [-0.2, 0) is 0 Å². The summed E-state index contributed by atoms with van der Waals surface area (Å²) in [7, 11) is 0. The van der Waals surface area contributed by atoms with E-state index in [9.17, 15) is 0 Å². The molecule has 0 saturated heterocycles. The number of pyridine rings is 6. The monoisotopic (exact) mass is 1930 g/mol. The van der Waals surface area contributed by atoms with Crippen LogP contribution in [0, 0.1) is 19.7 Å². The Kier molecular flexibility index (Phi) is 24.7. The summed E-state index contributed by atoms with van der Waals surface area (Å²) < 4.78 is 3.15. The number of hydrogen-bond acceptors (Lipinski definition) is 13. The van der Waals surface area contributed by atoms with Crippen molar-refractivity contribution in [1.29, 1.82) is 0 Å². The zero-order valence-corrected chi connectivity index (χ0v) is 81.1. The Morgan fingerprint density at radius 2 is 0.510 bits per heavy atom. The normalized spacial score (nSPS) is 11.1. The first-order valence-corrected chi connectivity index (χ1v) is 50.4. The largest absolute Gasteiger partial charge is 0.255 e. The molecule has 0 aliphatic heterocycles. The summed E-state index contributed by atoms with van der Waals surface area (Å²) >= 11 is 4.71. The van der Waals surface area contributed by atoms with Gasteiger partial charge in [0.25, 0.3) is 0 Å². The van der Waals surface area contributed by atoms with Crippen LogP contribution >= 0.6 is 34.0 Å². The number of thiophene rings is 3. The quantitative estimate of drug-likeness (QED) is 0.0809. The van der Waals surface area contributed by atoms with Crippen LogP contribution in [0.2, 0.25) is 0 Å². The molecule has 11 heterocycles. The number of hydrogen-bond donors (Lipinski definition) is 0. The number of para-hydroxylation sites is 3. The summed E-state index contributed by atoms with van der Waals surface area (Å²) in [6, 6.07) is 159. The van der Waals surface area contributed by atoms with Crippen LogP contribution in [0.15, 0.2) is 480 Å². The van der Waals surface area contributed by atoms with Gasteiger partial charge in [0, 0.05) is 119 Å². The van der Waals surface area contributed by atoms with Gasteiger partial charge in [-0.2, -0.15) is 22.7 Å². The Morgan fingerprint density at radius 1 is 0.184 bits per heavy atom. The third-order valence-corrected chi connectivity index (χ3v) is 29.6. The van der Waals surface area contributed by atoms with Crippen LogP contribution in [0.1, 0.15) is 0 Å². The van der Waals surface area contributed by atoms with Crippen LogP contribution in [0.4, 0.5) is 15.7 Å². The molecule has 0 fully saturated rings. The number of aromatic nitrogens is 10. The number of fused-ring (bicyclic) bond motifs is 9. The van der Waals surface area contributed by atoms with Crippen molar-refractivity contribution in [2.45, 2.75) is 0 Å². The maximum Gasteiger partial charge on any atom is 0.250 e. The Balaban J connectivity index is 0.000000118. The molecule has 147 heavy (non-hydrogen) atoms. The van der Waals surface area contributed by atoms with E-state index in [1.165, 1.54) is 22.7 Å². The third-order valence-electron chi connectivity index (χ3n) is 26.1. The summed E-state index contributed by atoms with van der Waals surface area (Å²) in [6.07, 6.45) is 3.56. The molecule has 0 aliphatic rings. The standard InChI is InChI=1S/2C46H28N4S.C39H23N5S/c1-47-46-41(42-37-25-11-12-26-38(37)48-43(44(42)51-46)31-17-7-3-8-18-31)36-24-14-22-34(28-36)33-21-13-23-35(27-33)40-29-39(30-15-5-2-6-16-30)49-45(50-40)32-19-9-4-10-20-32;1-47-46-41(42-37-19-11-12-20-38(37)48-43(44(42)51-46)35-15-7-3-8-16-35)34-27-23-31(24-28-34)30-21-25-33(26-22-30)40-29-39(32-13-5-2-6-14-32)49-45(50-40)36-17-9-4-10-18-36;1-40-37-35-36(26-11-3-2-4-12-26)44-30-14-6-5-13-29(30)39(35)45-38(37)27-19-17-25(18-20-27)28-23-33(31-15-7-9-21-41-31)43-34(24-28)32-16-8-10-22-42-32/h2*2-29H;2-24H. The van der Waals surface area contributed by atoms with E-state index in [-0.39, 0.29) is 0 Å². The molecule has 0 bridgehead atoms. The topological polar surface area (TPSA) is 142 Å². The highest BCUT2D eigenvalue weighted by molar-refractivity contribution is 7.25. The van der Waals surface area contributed by atoms with E-state index >= 15 is 0 Å². The highest BCUT2D eigenvalue weighted by Gasteiger charge is 2.28. The van der Waals surface area contributed by atoms with Gasteiger partial charge in [-0.1, -0.05) is 388 Å². The molecule has 11 aromatic heterocycles. The summed E-state index contributed by atoms with van der Waals surface area (Å²) in [6.45, 7) is 24.7. The van der Waals surface area contributed by atoms with Gasteiger partial charge in [-0.15, -0.1) is 11.3 Å². The van der Waals surface area contributed by atoms with Crippen LogP contribution < -0.4 is 0 Å². The summed E-state index contributed by atoms with van der Waals surface area (Å²) in [4.78, 5) is 62.3. The molecule has 0 saturated carbocycles. The van der Waals surface area contributed by atoms with Gasteiger partial charge in [-0.25, -0.2) is 54.4 Å². The average molecular weight is 1930 g/mol. The number of nitrogens with zero attached hydrogens (tertiary/aromatic N) is 13. The van der Waals surface area contributed by atoms with Crippen LogP contribution in [0.3, 0.4) is 0 Å². The van der Waals surface area contributed by atoms with Gasteiger partial charge in [0.05, 0.1) is 98.9 Å². The molecule has 0 atom stereocenters. The van der Waals surface area contributed by atoms with Gasteiger partial charge in [-0.3, -0.25) is 9.97 Å². The van der Waals surface area contributed by atoms with E-state index in [1.807, 2.05) is 231 Å². The van der Waals surface area contributed by atoms with E-state index in [4.69, 9.17) is 59.6 Å². The van der Waals surface area contributed by atoms with E-state index in [0.717, 1.165) is 242 Å². The van der Waals surface area contributed by atoms with Crippen molar-refractivity contribution < 1.29 is 0 Å². The summed E-state index contributed by atoms with van der Waals surface area (Å²) in [5.41, 5.74) is 33.2. The van der Waals surface area contributed by atoms with E-state index in [0.29, 0.717) is 27.3 Å². The molecule has 13 nitrogen and oxygen atoms in total. The second-order valence-electron chi connectivity index (χ2n) is 35.2. The summed E-state index contributed by atoms with van der Waals surface area (Å²) in [5.74, 6) is 1.39. The molecule has 0 radical (unpaired) electrons. The molecule has 0 N–H and O–H groups in total. The average Bonchev–Trinajstić information content (AvgIpc) is 1.59. The summed E-state index contributed by atoms with van der Waals surface area (Å²) in [5, 5.41) is 7.57. The predicted molar refractivity (Wildman–Crippen MR) is 607 cm³/mol. The van der Waals surface area contributed by atoms with Crippen molar-refractivity contribution >= 4 is 113 Å². The van der Waals surface area contributed by atoms with Gasteiger partial charge in [0.15, 0.2) is 11.6 Å². The minimum atomic E-state index is 0.638. The minimum Gasteiger partial charge on any atom is -0.255 e. The SMILES string of the molecule is [C-]#[N+]c1c(-c2ccc(-c3cc(-c4ccccn4)nc(-c4ccccn4)c3)cc2)sc2c1c(-c1ccccc1)nc1ccccc12.[C-]#[N+]c1sc2c(-c3ccccc3)nc3ccccc3c2c1-c1ccc(-c2ccc(-c3cc(-c4ccccc4)nc(-c4ccccc4)n3)cc2)cc1.[C-]#[N+]c1sc2c(-c3ccccc3)nc3ccccc3c2c1-c1cccc(-c2cccc(-c3cc(-c4ccccc4)nc(-c4ccccc4)n3)c2)c1. The molecule has 0 aliphatic carbocycles. The molecule has 0 unspecified atom stereocenters. The lowest BCUT2D eigenvalue weighted by atomic mass is 9.95. The van der Waals surface area contributed by atoms with Crippen molar-refractivity contribution in [3.05, 3.63) is 514 Å². The zero-order valence-electron chi connectivity index (χ0n) is 78.6. The van der Waals surface area contributed by atoms with E-state index < -0.39 is 0 Å². The highest BCUT2D eigenvalue weighted by atomic mass is 32.1. The van der Waals surface area contributed by atoms with Crippen LogP contribution in [-0.4, -0.2) is 49.8 Å². The van der Waals surface area contributed by atoms with Crippen LogP contribution in [0.5, 0.6) is 0 Å². The Hall–Kier alpha value is -19.5. The number of benzene rings is 15. The lowest BCUT2D eigenvalue weighted by Gasteiger charge is -2.12. The van der Waals surface area contributed by atoms with Crippen molar-refractivity contribution in [2.24, 2.45) is 0 Å². The first-order valence-electron chi connectivity index (χ1n) is 48.0. The van der Waals surface area contributed by atoms with Crippen LogP contribution in [0.25, 0.3) is 268 Å². The fourth-order valence-electron chi connectivity index (χ4n) is 19.1. The zero-order chi connectivity index (χ0) is 98.5. The molecule has 15 aromatic carbocycles. The number of rotatable bonds is 17. The molecule has 0 spiro atoms. The lowest BCUT2D eigenvalue weighted by Crippen LogP contribution is -1.96. The molecular weight excluding hydrogens is 1850 g/mol. The molecule has 26 aromatic rings. The molecule has 0 amide bonds. The Bertz CT molecular complexity index is 9410. The first-order chi connectivity index (χ1) is 72.7. The van der Waals surface area contributed by atoms with Crippen molar-refractivity contribution in [3.8, 4) is 190 Å². The first kappa shape index (κ1) is 90.1. The van der Waals surface area contributed by atoms with Gasteiger partial charge < -0.3 is 0 Å². The fourth-order valence-corrected chi connectivity index (χ4v) is 22.6. The second kappa shape index (κ2) is 40.2. The lowest BCUT2D eigenvalue weighted by molar-refractivity contribution is 1.18. The maximum atomic E-state index is 8.27. The van der Waals surface area contributed by atoms with Gasteiger partial charge in [-0.05, 0) is 134 Å². The van der Waals surface area contributed by atoms with E-state index in [2.05, 4.69) is 261 Å². The molecular formula is C131H79N13S3. The second-order valence-corrected chi connectivity index (χ2v) is 38.2. The smallest absolute Gasteiger partial charge is 0.250 e. The van der Waals surface area contributed by atoms with Gasteiger partial charge in [0.1, 0.15) is 0 Å². The fraction of sp³-hybridized carbons (Fsp3) is 0. The molecule has 686 valence electrons. The Labute approximate surface area is 860 Å². The van der Waals surface area contributed by atoms with Crippen molar-refractivity contribution in [3.63, 3.8) is 0 Å². The van der Waals surface area contributed by atoms with Gasteiger partial charge >= 0.3 is 0 Å². The maximum absolute atomic E-state index is 8.27. The molecule has 16 heteroatoms. The van der Waals surface area contributed by atoms with Crippen molar-refractivity contribution in [1.82, 2.24) is 49.8 Å². The van der Waals surface area contributed by atoms with Crippen molar-refractivity contribution in [2.75, 3.05) is 0 Å². The molecule has 26 rings (SSSR count). The third kappa shape index (κ3) is 18.1. The predicted octanol–water partition coefficient (Wildman–Crippen LogP) is 36.1. The highest BCUT2D eigenvalue weighted by Crippen LogP contribution is 2.55. The van der Waals surface area contributed by atoms with Gasteiger partial charge in [0.2, 0.25) is 15.7 Å².